The first-order valence-corrected chi connectivity index (χ1v) is 13.3. The summed E-state index contributed by atoms with van der Waals surface area (Å²) in [6.45, 7) is 4.39. The number of nitrogens with one attached hydrogen (secondary N) is 1. The van der Waals surface area contributed by atoms with E-state index in [1.807, 2.05) is 6.20 Å². The Morgan fingerprint density at radius 3 is 2.13 bits per heavy atom. The minimum Gasteiger partial charge on any atom is -0.369 e. The van der Waals surface area contributed by atoms with E-state index in [-0.39, 0.29) is 0 Å². The van der Waals surface area contributed by atoms with E-state index in [4.69, 9.17) is 4.98 Å². The summed E-state index contributed by atoms with van der Waals surface area (Å²) >= 11 is 0. The molecule has 0 saturated carbocycles. The van der Waals surface area contributed by atoms with Gasteiger partial charge in [-0.15, -0.1) is 0 Å². The van der Waals surface area contributed by atoms with Gasteiger partial charge in [-0.25, -0.2) is 4.98 Å². The van der Waals surface area contributed by atoms with Crippen LogP contribution in [0.1, 0.15) is 0 Å². The monoisotopic (exact) mass is 494 g/mol. The Hall–Kier alpha value is -4.41. The number of hydrogen-bond donors (Lipinski definition) is 1. The quantitative estimate of drug-likeness (QED) is 0.276. The molecule has 0 atom stereocenters. The van der Waals surface area contributed by atoms with Gasteiger partial charge in [0.1, 0.15) is 5.65 Å². The summed E-state index contributed by atoms with van der Waals surface area (Å²) < 4.78 is 0. The summed E-state index contributed by atoms with van der Waals surface area (Å²) in [5.41, 5.74) is 10.6. The molecule has 7 rings (SSSR count). The second kappa shape index (κ2) is 9.47. The van der Waals surface area contributed by atoms with Crippen molar-refractivity contribution in [1.82, 2.24) is 14.9 Å². The molecule has 2 aromatic heterocycles. The molecule has 4 aromatic carbocycles. The molecule has 6 aromatic rings. The second-order valence-electron chi connectivity index (χ2n) is 10.3. The number of likely N-dealkylation sites (N-methyl/N-ethyl adjacent to an activating group) is 1. The molecular weight excluding hydrogens is 464 g/mol. The lowest BCUT2D eigenvalue weighted by molar-refractivity contribution is 0.313. The van der Waals surface area contributed by atoms with E-state index in [1.54, 1.807) is 0 Å². The standard InChI is InChI=1S/C34H30N4/c1-37-18-20-38(21-19-37)29-13-10-25(11-14-29)27-12-15-32-31(23-27)33-30(16-17-35-34(33)36-32)28-9-5-8-26(22-28)24-6-3-2-4-7-24/h2-17,22-23H,18-21H2,1H3,(H,35,36). The summed E-state index contributed by atoms with van der Waals surface area (Å²) in [5.74, 6) is 0. The molecule has 186 valence electrons. The van der Waals surface area contributed by atoms with Gasteiger partial charge in [-0.2, -0.15) is 0 Å². The highest BCUT2D eigenvalue weighted by atomic mass is 15.2. The predicted octanol–water partition coefficient (Wildman–Crippen LogP) is 7.47. The highest BCUT2D eigenvalue weighted by molar-refractivity contribution is 6.14. The van der Waals surface area contributed by atoms with E-state index >= 15 is 0 Å². The minimum absolute atomic E-state index is 0.921. The van der Waals surface area contributed by atoms with E-state index in [9.17, 15) is 0 Å². The van der Waals surface area contributed by atoms with Gasteiger partial charge in [-0.3, -0.25) is 0 Å². The number of H-pyrrole nitrogens is 1. The lowest BCUT2D eigenvalue weighted by atomic mass is 9.96. The molecule has 0 amide bonds. The van der Waals surface area contributed by atoms with Gasteiger partial charge >= 0.3 is 0 Å². The van der Waals surface area contributed by atoms with Crippen LogP contribution >= 0.6 is 0 Å². The molecule has 38 heavy (non-hydrogen) atoms. The lowest BCUT2D eigenvalue weighted by Gasteiger charge is -2.34. The molecule has 3 heterocycles. The van der Waals surface area contributed by atoms with Crippen LogP contribution in [-0.4, -0.2) is 48.1 Å². The van der Waals surface area contributed by atoms with Crippen molar-refractivity contribution in [2.75, 3.05) is 38.1 Å². The Morgan fingerprint density at radius 2 is 1.32 bits per heavy atom. The zero-order valence-electron chi connectivity index (χ0n) is 21.6. The highest BCUT2D eigenvalue weighted by Gasteiger charge is 2.15. The number of pyridine rings is 1. The molecular formula is C34H30N4. The van der Waals surface area contributed by atoms with Crippen LogP contribution in [0.5, 0.6) is 0 Å². The number of hydrogen-bond acceptors (Lipinski definition) is 3. The first kappa shape index (κ1) is 22.8. The highest BCUT2D eigenvalue weighted by Crippen LogP contribution is 2.37. The van der Waals surface area contributed by atoms with Gasteiger partial charge in [0.25, 0.3) is 0 Å². The molecule has 1 saturated heterocycles. The van der Waals surface area contributed by atoms with Crippen molar-refractivity contribution in [2.24, 2.45) is 0 Å². The molecule has 0 bridgehead atoms. The molecule has 1 aliphatic heterocycles. The largest absolute Gasteiger partial charge is 0.369 e. The van der Waals surface area contributed by atoms with Gasteiger partial charge < -0.3 is 14.8 Å². The molecule has 0 spiro atoms. The number of benzene rings is 4. The average Bonchev–Trinajstić information content (AvgIpc) is 3.36. The predicted molar refractivity (Wildman–Crippen MR) is 160 cm³/mol. The number of nitrogens with zero attached hydrogens (tertiary/aromatic N) is 3. The van der Waals surface area contributed by atoms with Crippen molar-refractivity contribution in [2.45, 2.75) is 0 Å². The third-order valence-electron chi connectivity index (χ3n) is 7.84. The van der Waals surface area contributed by atoms with E-state index in [0.717, 1.165) is 37.3 Å². The molecule has 0 radical (unpaired) electrons. The Labute approximate surface area is 223 Å². The Morgan fingerprint density at radius 1 is 0.632 bits per heavy atom. The van der Waals surface area contributed by atoms with E-state index in [1.165, 1.54) is 49.8 Å². The number of rotatable bonds is 4. The molecule has 4 nitrogen and oxygen atoms in total. The van der Waals surface area contributed by atoms with Gasteiger partial charge in [0.15, 0.2) is 0 Å². The smallest absolute Gasteiger partial charge is 0.138 e. The summed E-state index contributed by atoms with van der Waals surface area (Å²) in [5, 5.41) is 2.37. The molecule has 1 aliphatic rings. The summed E-state index contributed by atoms with van der Waals surface area (Å²) in [6.07, 6.45) is 1.90. The van der Waals surface area contributed by atoms with Gasteiger partial charge in [0, 0.05) is 54.4 Å². The fourth-order valence-corrected chi connectivity index (χ4v) is 5.66. The maximum Gasteiger partial charge on any atom is 0.138 e. The van der Waals surface area contributed by atoms with Crippen molar-refractivity contribution in [3.63, 3.8) is 0 Å². The van der Waals surface area contributed by atoms with Gasteiger partial charge in [0.2, 0.25) is 0 Å². The fraction of sp³-hybridized carbons (Fsp3) is 0.147. The van der Waals surface area contributed by atoms with Crippen molar-refractivity contribution >= 4 is 27.6 Å². The van der Waals surface area contributed by atoms with Crippen LogP contribution in [0, 0.1) is 0 Å². The average molecular weight is 495 g/mol. The van der Waals surface area contributed by atoms with E-state index in [2.05, 4.69) is 125 Å². The Bertz CT molecular complexity index is 1730. The number of aromatic nitrogens is 2. The van der Waals surface area contributed by atoms with Crippen LogP contribution in [0.4, 0.5) is 5.69 Å². The third kappa shape index (κ3) is 4.13. The van der Waals surface area contributed by atoms with Gasteiger partial charge in [-0.05, 0) is 76.8 Å². The zero-order valence-corrected chi connectivity index (χ0v) is 21.6. The third-order valence-corrected chi connectivity index (χ3v) is 7.84. The van der Waals surface area contributed by atoms with Gasteiger partial charge in [-0.1, -0.05) is 66.7 Å². The number of aromatic amines is 1. The molecule has 1 N–H and O–H groups in total. The summed E-state index contributed by atoms with van der Waals surface area (Å²) in [6, 6.07) is 37.2. The maximum absolute atomic E-state index is 4.69. The maximum atomic E-state index is 4.69. The fourth-order valence-electron chi connectivity index (χ4n) is 5.66. The minimum atomic E-state index is 0.921. The van der Waals surface area contributed by atoms with Crippen molar-refractivity contribution in [3.8, 4) is 33.4 Å². The van der Waals surface area contributed by atoms with Crippen LogP contribution in [0.3, 0.4) is 0 Å². The lowest BCUT2D eigenvalue weighted by Crippen LogP contribution is -2.44. The Kier molecular flexibility index (Phi) is 5.67. The molecule has 4 heteroatoms. The number of fused-ring (bicyclic) bond motifs is 3. The van der Waals surface area contributed by atoms with Gasteiger partial charge in [0.05, 0.1) is 0 Å². The second-order valence-corrected chi connectivity index (χ2v) is 10.3. The number of anilines is 1. The van der Waals surface area contributed by atoms with Crippen LogP contribution in [0.25, 0.3) is 55.3 Å². The molecule has 1 fully saturated rings. The van der Waals surface area contributed by atoms with E-state index in [0.29, 0.717) is 0 Å². The molecule has 0 aliphatic carbocycles. The van der Waals surface area contributed by atoms with Crippen molar-refractivity contribution in [3.05, 3.63) is 109 Å². The van der Waals surface area contributed by atoms with Crippen LogP contribution in [0.2, 0.25) is 0 Å². The summed E-state index contributed by atoms with van der Waals surface area (Å²) in [7, 11) is 2.20. The number of piperazine rings is 1. The Balaban J connectivity index is 1.29. The normalized spacial score (nSPS) is 14.4. The zero-order chi connectivity index (χ0) is 25.5. The first-order valence-electron chi connectivity index (χ1n) is 13.3. The van der Waals surface area contributed by atoms with Crippen molar-refractivity contribution in [1.29, 1.82) is 0 Å². The van der Waals surface area contributed by atoms with Crippen molar-refractivity contribution < 1.29 is 0 Å². The molecule has 0 unspecified atom stereocenters. The van der Waals surface area contributed by atoms with Crippen LogP contribution in [0.15, 0.2) is 109 Å². The first-order chi connectivity index (χ1) is 18.7. The van der Waals surface area contributed by atoms with Crippen LogP contribution in [-0.2, 0) is 0 Å². The van der Waals surface area contributed by atoms with E-state index < -0.39 is 0 Å². The topological polar surface area (TPSA) is 35.2 Å². The SMILES string of the molecule is CN1CCN(c2ccc(-c3ccc4[nH]c5nccc(-c6cccc(-c7ccccc7)c6)c5c4c3)cc2)CC1. The summed E-state index contributed by atoms with van der Waals surface area (Å²) in [4.78, 5) is 13.1. The van der Waals surface area contributed by atoms with Crippen LogP contribution < -0.4 is 4.90 Å².